The zero-order valence-corrected chi connectivity index (χ0v) is 9.51. The highest BCUT2D eigenvalue weighted by Gasteiger charge is 2.12. The maximum absolute atomic E-state index is 12.0. The molecule has 0 aromatic carbocycles. The lowest BCUT2D eigenvalue weighted by atomic mass is 10.2. The zero-order valence-electron chi connectivity index (χ0n) is 9.51. The molecule has 0 radical (unpaired) electrons. The van der Waals surface area contributed by atoms with Crippen LogP contribution in [0.1, 0.15) is 29.4 Å². The van der Waals surface area contributed by atoms with E-state index in [0.29, 0.717) is 0 Å². The molecule has 0 amide bonds. The van der Waals surface area contributed by atoms with Crippen LogP contribution in [0.25, 0.3) is 5.65 Å². The quantitative estimate of drug-likeness (QED) is 0.767. The molecule has 0 atom stereocenters. The molecular weight excluding hydrogens is 190 g/mol. The van der Waals surface area contributed by atoms with Crippen molar-refractivity contribution in [3.05, 3.63) is 32.9 Å². The predicted molar refractivity (Wildman–Crippen MR) is 59.4 cm³/mol. The van der Waals surface area contributed by atoms with E-state index in [2.05, 4.69) is 10.1 Å². The van der Waals surface area contributed by atoms with Gasteiger partial charge in [0.25, 0.3) is 5.56 Å². The first-order valence-electron chi connectivity index (χ1n) is 5.13. The van der Waals surface area contributed by atoms with Crippen molar-refractivity contribution >= 4 is 5.65 Å². The van der Waals surface area contributed by atoms with E-state index >= 15 is 0 Å². The minimum absolute atomic E-state index is 0.0243. The summed E-state index contributed by atoms with van der Waals surface area (Å²) in [6, 6.07) is 0. The van der Waals surface area contributed by atoms with Gasteiger partial charge in [0.2, 0.25) is 0 Å². The van der Waals surface area contributed by atoms with Crippen molar-refractivity contribution in [1.29, 1.82) is 0 Å². The summed E-state index contributed by atoms with van der Waals surface area (Å²) in [6.07, 6.45) is 0.720. The van der Waals surface area contributed by atoms with Crippen LogP contribution in [-0.2, 0) is 6.42 Å². The molecule has 4 nitrogen and oxygen atoms in total. The molecule has 0 aliphatic heterocycles. The average molecular weight is 205 g/mol. The maximum atomic E-state index is 12.0. The van der Waals surface area contributed by atoms with E-state index in [9.17, 15) is 4.79 Å². The molecule has 0 unspecified atom stereocenters. The lowest BCUT2D eigenvalue weighted by Gasteiger charge is -2.02. The summed E-state index contributed by atoms with van der Waals surface area (Å²) in [6.45, 7) is 7.78. The largest absolute Gasteiger partial charge is 0.294 e. The molecule has 0 saturated heterocycles. The monoisotopic (exact) mass is 205 g/mol. The summed E-state index contributed by atoms with van der Waals surface area (Å²) in [5, 5.41) is 3.04. The minimum atomic E-state index is 0.0243. The van der Waals surface area contributed by atoms with Crippen molar-refractivity contribution < 1.29 is 0 Å². The fraction of sp³-hybridized carbons (Fsp3) is 0.455. The van der Waals surface area contributed by atoms with Gasteiger partial charge in [-0.25, -0.2) is 9.50 Å². The Morgan fingerprint density at radius 3 is 2.60 bits per heavy atom. The molecule has 4 heteroatoms. The number of fused-ring (bicyclic) bond motifs is 1. The molecule has 80 valence electrons. The maximum Gasteiger partial charge on any atom is 0.276 e. The standard InChI is InChI=1S/C11H15N3O/c1-5-9-8(4)12-10-6(2)7(3)13-14(10)11(9)15/h13H,5H2,1-4H3. The molecule has 0 spiro atoms. The Bertz CT molecular complexity index is 578. The highest BCUT2D eigenvalue weighted by molar-refractivity contribution is 5.50. The van der Waals surface area contributed by atoms with Gasteiger partial charge >= 0.3 is 0 Å². The zero-order chi connectivity index (χ0) is 11.2. The summed E-state index contributed by atoms with van der Waals surface area (Å²) in [4.78, 5) is 16.5. The Balaban J connectivity index is 2.97. The number of aryl methyl sites for hydroxylation is 3. The summed E-state index contributed by atoms with van der Waals surface area (Å²) in [5.74, 6) is 0. The first-order chi connectivity index (χ1) is 7.06. The van der Waals surface area contributed by atoms with Crippen LogP contribution < -0.4 is 5.56 Å². The number of nitrogens with zero attached hydrogens (tertiary/aromatic N) is 2. The lowest BCUT2D eigenvalue weighted by molar-refractivity contribution is 0.841. The van der Waals surface area contributed by atoms with E-state index in [1.165, 1.54) is 4.52 Å². The average Bonchev–Trinajstić information content (AvgIpc) is 2.46. The summed E-state index contributed by atoms with van der Waals surface area (Å²) in [7, 11) is 0. The second-order valence-corrected chi connectivity index (χ2v) is 3.86. The van der Waals surface area contributed by atoms with Crippen molar-refractivity contribution in [2.75, 3.05) is 0 Å². The molecule has 0 fully saturated rings. The second-order valence-electron chi connectivity index (χ2n) is 3.86. The van der Waals surface area contributed by atoms with E-state index in [0.717, 1.165) is 34.6 Å². The van der Waals surface area contributed by atoms with Crippen molar-refractivity contribution in [3.63, 3.8) is 0 Å². The third-order valence-electron chi connectivity index (χ3n) is 2.91. The van der Waals surface area contributed by atoms with E-state index in [4.69, 9.17) is 0 Å². The highest BCUT2D eigenvalue weighted by Crippen LogP contribution is 2.11. The highest BCUT2D eigenvalue weighted by atomic mass is 16.1. The van der Waals surface area contributed by atoms with Gasteiger partial charge < -0.3 is 0 Å². The van der Waals surface area contributed by atoms with Gasteiger partial charge in [-0.3, -0.25) is 9.89 Å². The normalized spacial score (nSPS) is 11.2. The fourth-order valence-electron chi connectivity index (χ4n) is 1.84. The van der Waals surface area contributed by atoms with Crippen molar-refractivity contribution in [2.24, 2.45) is 0 Å². The number of aromatic nitrogens is 3. The molecule has 2 heterocycles. The van der Waals surface area contributed by atoms with Gasteiger partial charge in [0, 0.05) is 22.5 Å². The minimum Gasteiger partial charge on any atom is -0.294 e. The molecule has 0 bridgehead atoms. The van der Waals surface area contributed by atoms with E-state index in [1.54, 1.807) is 0 Å². The molecule has 2 rings (SSSR count). The SMILES string of the molecule is CCc1c(C)nc2c(C)c(C)[nH]n2c1=O. The smallest absolute Gasteiger partial charge is 0.276 e. The molecule has 1 N–H and O–H groups in total. The fourth-order valence-corrected chi connectivity index (χ4v) is 1.84. The predicted octanol–water partition coefficient (Wildman–Crippen LogP) is 1.51. The van der Waals surface area contributed by atoms with Gasteiger partial charge in [-0.05, 0) is 27.2 Å². The lowest BCUT2D eigenvalue weighted by Crippen LogP contribution is -2.21. The van der Waals surface area contributed by atoms with E-state index in [-0.39, 0.29) is 5.56 Å². The van der Waals surface area contributed by atoms with Gasteiger partial charge in [0.05, 0.1) is 0 Å². The first kappa shape index (κ1) is 9.96. The van der Waals surface area contributed by atoms with Crippen LogP contribution in [0.15, 0.2) is 4.79 Å². The van der Waals surface area contributed by atoms with Crippen LogP contribution in [0.5, 0.6) is 0 Å². The van der Waals surface area contributed by atoms with Crippen LogP contribution in [0.2, 0.25) is 0 Å². The molecular formula is C11H15N3O. The van der Waals surface area contributed by atoms with Crippen LogP contribution in [0, 0.1) is 20.8 Å². The number of hydrogen-bond donors (Lipinski definition) is 1. The molecule has 0 aliphatic rings. The van der Waals surface area contributed by atoms with E-state index in [1.807, 2.05) is 27.7 Å². The molecule has 0 saturated carbocycles. The third kappa shape index (κ3) is 1.28. The summed E-state index contributed by atoms with van der Waals surface area (Å²) >= 11 is 0. The van der Waals surface area contributed by atoms with Crippen molar-refractivity contribution in [3.8, 4) is 0 Å². The van der Waals surface area contributed by atoms with E-state index < -0.39 is 0 Å². The number of nitrogens with one attached hydrogen (secondary N) is 1. The number of hydrogen-bond acceptors (Lipinski definition) is 2. The van der Waals surface area contributed by atoms with Crippen molar-refractivity contribution in [1.82, 2.24) is 14.6 Å². The van der Waals surface area contributed by atoms with Crippen LogP contribution >= 0.6 is 0 Å². The Morgan fingerprint density at radius 2 is 2.00 bits per heavy atom. The van der Waals surface area contributed by atoms with Crippen LogP contribution in [-0.4, -0.2) is 14.6 Å². The molecule has 0 aliphatic carbocycles. The topological polar surface area (TPSA) is 50.2 Å². The van der Waals surface area contributed by atoms with Gasteiger partial charge in [0.15, 0.2) is 5.65 Å². The molecule has 2 aromatic rings. The molecule has 15 heavy (non-hydrogen) atoms. The Hall–Kier alpha value is -1.58. The van der Waals surface area contributed by atoms with Gasteiger partial charge in [-0.1, -0.05) is 6.92 Å². The Labute approximate surface area is 87.9 Å². The van der Waals surface area contributed by atoms with Gasteiger partial charge in [-0.2, -0.15) is 0 Å². The molecule has 2 aromatic heterocycles. The Morgan fingerprint density at radius 1 is 1.33 bits per heavy atom. The van der Waals surface area contributed by atoms with Crippen LogP contribution in [0.4, 0.5) is 0 Å². The first-order valence-corrected chi connectivity index (χ1v) is 5.13. The number of rotatable bonds is 1. The summed E-state index contributed by atoms with van der Waals surface area (Å²) in [5.41, 5.74) is 4.42. The number of aromatic amines is 1. The second kappa shape index (κ2) is 3.22. The summed E-state index contributed by atoms with van der Waals surface area (Å²) < 4.78 is 1.54. The van der Waals surface area contributed by atoms with Gasteiger partial charge in [0.1, 0.15) is 0 Å². The number of H-pyrrole nitrogens is 1. The van der Waals surface area contributed by atoms with Crippen LogP contribution in [0.3, 0.4) is 0 Å². The van der Waals surface area contributed by atoms with Crippen molar-refractivity contribution in [2.45, 2.75) is 34.1 Å². The Kier molecular flexibility index (Phi) is 2.14. The van der Waals surface area contributed by atoms with Gasteiger partial charge in [-0.15, -0.1) is 0 Å². The third-order valence-corrected chi connectivity index (χ3v) is 2.91.